The Morgan fingerprint density at radius 3 is 2.50 bits per heavy atom. The molecule has 0 heterocycles. The summed E-state index contributed by atoms with van der Waals surface area (Å²) in [5.74, 6) is 2.26. The van der Waals surface area contributed by atoms with Gasteiger partial charge < -0.3 is 10.4 Å². The molecule has 0 spiro atoms. The SMILES string of the molecule is CC(C)CC(CO)NC1CC(C)CCC1C. The van der Waals surface area contributed by atoms with E-state index in [0.717, 1.165) is 18.3 Å². The van der Waals surface area contributed by atoms with E-state index in [9.17, 15) is 5.11 Å². The number of aliphatic hydroxyl groups is 1. The minimum Gasteiger partial charge on any atom is -0.395 e. The minimum absolute atomic E-state index is 0.274. The first-order chi connectivity index (χ1) is 7.52. The standard InChI is InChI=1S/C14H29NO/c1-10(2)7-13(9-16)15-14-8-11(3)5-6-12(14)4/h10-16H,5-9H2,1-4H3. The highest BCUT2D eigenvalue weighted by Gasteiger charge is 2.27. The van der Waals surface area contributed by atoms with Crippen LogP contribution in [0.3, 0.4) is 0 Å². The fourth-order valence-electron chi connectivity index (χ4n) is 2.83. The summed E-state index contributed by atoms with van der Waals surface area (Å²) < 4.78 is 0. The highest BCUT2D eigenvalue weighted by Crippen LogP contribution is 2.28. The molecule has 4 atom stereocenters. The van der Waals surface area contributed by atoms with Crippen LogP contribution in [-0.4, -0.2) is 23.8 Å². The van der Waals surface area contributed by atoms with Crippen LogP contribution in [0, 0.1) is 17.8 Å². The molecular formula is C14H29NO. The van der Waals surface area contributed by atoms with E-state index in [4.69, 9.17) is 0 Å². The maximum Gasteiger partial charge on any atom is 0.0584 e. The normalized spacial score (nSPS) is 33.0. The summed E-state index contributed by atoms with van der Waals surface area (Å²) in [7, 11) is 0. The fraction of sp³-hybridized carbons (Fsp3) is 1.00. The quantitative estimate of drug-likeness (QED) is 0.757. The lowest BCUT2D eigenvalue weighted by Crippen LogP contribution is -2.47. The van der Waals surface area contributed by atoms with Crippen LogP contribution in [0.1, 0.15) is 53.4 Å². The number of nitrogens with one attached hydrogen (secondary N) is 1. The van der Waals surface area contributed by atoms with E-state index < -0.39 is 0 Å². The van der Waals surface area contributed by atoms with Gasteiger partial charge in [0.1, 0.15) is 0 Å². The smallest absolute Gasteiger partial charge is 0.0584 e. The summed E-state index contributed by atoms with van der Waals surface area (Å²) >= 11 is 0. The van der Waals surface area contributed by atoms with Gasteiger partial charge in [-0.05, 0) is 37.0 Å². The van der Waals surface area contributed by atoms with Crippen LogP contribution < -0.4 is 5.32 Å². The van der Waals surface area contributed by atoms with Gasteiger partial charge in [-0.25, -0.2) is 0 Å². The van der Waals surface area contributed by atoms with E-state index in [1.165, 1.54) is 19.3 Å². The predicted molar refractivity (Wildman–Crippen MR) is 69.4 cm³/mol. The van der Waals surface area contributed by atoms with Crippen molar-refractivity contribution >= 4 is 0 Å². The van der Waals surface area contributed by atoms with E-state index in [-0.39, 0.29) is 12.6 Å². The fourth-order valence-corrected chi connectivity index (χ4v) is 2.83. The maximum atomic E-state index is 9.40. The monoisotopic (exact) mass is 227 g/mol. The zero-order chi connectivity index (χ0) is 12.1. The molecule has 0 saturated heterocycles. The molecule has 0 radical (unpaired) electrons. The van der Waals surface area contributed by atoms with Gasteiger partial charge in [0.05, 0.1) is 6.61 Å². The highest BCUT2D eigenvalue weighted by molar-refractivity contribution is 4.84. The molecule has 2 nitrogen and oxygen atoms in total. The third-order valence-electron chi connectivity index (χ3n) is 3.88. The average molecular weight is 227 g/mol. The van der Waals surface area contributed by atoms with Gasteiger partial charge in [0.25, 0.3) is 0 Å². The summed E-state index contributed by atoms with van der Waals surface area (Å²) in [4.78, 5) is 0. The van der Waals surface area contributed by atoms with Crippen molar-refractivity contribution in [2.45, 2.75) is 65.5 Å². The first-order valence-electron chi connectivity index (χ1n) is 6.89. The van der Waals surface area contributed by atoms with Gasteiger partial charge >= 0.3 is 0 Å². The number of aliphatic hydroxyl groups excluding tert-OH is 1. The Bertz CT molecular complexity index is 193. The van der Waals surface area contributed by atoms with E-state index in [1.54, 1.807) is 0 Å². The zero-order valence-electron chi connectivity index (χ0n) is 11.4. The Morgan fingerprint density at radius 1 is 1.25 bits per heavy atom. The summed E-state index contributed by atoms with van der Waals surface area (Å²) in [5, 5.41) is 13.1. The number of hydrogen-bond acceptors (Lipinski definition) is 2. The van der Waals surface area contributed by atoms with Crippen molar-refractivity contribution in [2.24, 2.45) is 17.8 Å². The second kappa shape index (κ2) is 6.61. The molecule has 1 fully saturated rings. The zero-order valence-corrected chi connectivity index (χ0v) is 11.4. The Balaban J connectivity index is 2.42. The second-order valence-electron chi connectivity index (χ2n) is 6.18. The van der Waals surface area contributed by atoms with Crippen molar-refractivity contribution in [3.05, 3.63) is 0 Å². The van der Waals surface area contributed by atoms with Crippen LogP contribution in [-0.2, 0) is 0 Å². The molecule has 1 aliphatic rings. The lowest BCUT2D eigenvalue weighted by molar-refractivity contribution is 0.164. The second-order valence-corrected chi connectivity index (χ2v) is 6.18. The third kappa shape index (κ3) is 4.42. The van der Waals surface area contributed by atoms with Gasteiger partial charge in [-0.1, -0.05) is 34.1 Å². The van der Waals surface area contributed by atoms with Gasteiger partial charge in [0.15, 0.2) is 0 Å². The van der Waals surface area contributed by atoms with Gasteiger partial charge in [-0.3, -0.25) is 0 Å². The Kier molecular flexibility index (Phi) is 5.77. The molecule has 0 aromatic heterocycles. The average Bonchev–Trinajstić information content (AvgIpc) is 2.21. The Hall–Kier alpha value is -0.0800. The minimum atomic E-state index is 0.274. The van der Waals surface area contributed by atoms with E-state index in [1.807, 2.05) is 0 Å². The van der Waals surface area contributed by atoms with Gasteiger partial charge in [0.2, 0.25) is 0 Å². The first-order valence-corrected chi connectivity index (χ1v) is 6.89. The lowest BCUT2D eigenvalue weighted by atomic mass is 9.79. The summed E-state index contributed by atoms with van der Waals surface area (Å²) in [5.41, 5.74) is 0. The molecule has 0 bridgehead atoms. The molecule has 0 amide bonds. The van der Waals surface area contributed by atoms with Crippen molar-refractivity contribution in [1.29, 1.82) is 0 Å². The molecule has 96 valence electrons. The largest absolute Gasteiger partial charge is 0.395 e. The van der Waals surface area contributed by atoms with Crippen molar-refractivity contribution < 1.29 is 5.11 Å². The van der Waals surface area contributed by atoms with Crippen LogP contribution in [0.2, 0.25) is 0 Å². The summed E-state index contributed by atoms with van der Waals surface area (Å²) in [6.45, 7) is 9.40. The molecule has 0 aromatic rings. The molecule has 2 N–H and O–H groups in total. The van der Waals surface area contributed by atoms with Crippen LogP contribution >= 0.6 is 0 Å². The molecule has 1 rings (SSSR count). The van der Waals surface area contributed by atoms with Crippen molar-refractivity contribution in [3.63, 3.8) is 0 Å². The van der Waals surface area contributed by atoms with Crippen LogP contribution in [0.15, 0.2) is 0 Å². The number of hydrogen-bond donors (Lipinski definition) is 2. The van der Waals surface area contributed by atoms with Crippen LogP contribution in [0.5, 0.6) is 0 Å². The molecule has 1 saturated carbocycles. The van der Waals surface area contributed by atoms with Gasteiger partial charge in [0, 0.05) is 12.1 Å². The van der Waals surface area contributed by atoms with Crippen LogP contribution in [0.4, 0.5) is 0 Å². The van der Waals surface area contributed by atoms with Gasteiger partial charge in [-0.2, -0.15) is 0 Å². The molecule has 16 heavy (non-hydrogen) atoms. The molecule has 2 heteroatoms. The maximum absolute atomic E-state index is 9.40. The lowest BCUT2D eigenvalue weighted by Gasteiger charge is -2.36. The third-order valence-corrected chi connectivity index (χ3v) is 3.88. The molecular weight excluding hydrogens is 198 g/mol. The van der Waals surface area contributed by atoms with Crippen molar-refractivity contribution in [3.8, 4) is 0 Å². The van der Waals surface area contributed by atoms with E-state index in [2.05, 4.69) is 33.0 Å². The predicted octanol–water partition coefficient (Wildman–Crippen LogP) is 2.81. The summed E-state index contributed by atoms with van der Waals surface area (Å²) in [6.07, 6.45) is 5.05. The molecule has 0 aliphatic heterocycles. The van der Waals surface area contributed by atoms with E-state index in [0.29, 0.717) is 12.0 Å². The summed E-state index contributed by atoms with van der Waals surface area (Å²) in [6, 6.07) is 0.900. The van der Waals surface area contributed by atoms with Crippen molar-refractivity contribution in [1.82, 2.24) is 5.32 Å². The topological polar surface area (TPSA) is 32.3 Å². The Morgan fingerprint density at radius 2 is 1.94 bits per heavy atom. The molecule has 4 unspecified atom stereocenters. The van der Waals surface area contributed by atoms with Crippen molar-refractivity contribution in [2.75, 3.05) is 6.61 Å². The molecule has 0 aromatic carbocycles. The molecule has 1 aliphatic carbocycles. The van der Waals surface area contributed by atoms with Crippen LogP contribution in [0.25, 0.3) is 0 Å². The first kappa shape index (κ1) is 14.0. The van der Waals surface area contributed by atoms with E-state index >= 15 is 0 Å². The van der Waals surface area contributed by atoms with Gasteiger partial charge in [-0.15, -0.1) is 0 Å². The number of rotatable bonds is 5. The Labute approximate surface area is 101 Å². The highest BCUT2D eigenvalue weighted by atomic mass is 16.3.